The van der Waals surface area contributed by atoms with Crippen molar-refractivity contribution in [1.29, 1.82) is 0 Å². The fourth-order valence-electron chi connectivity index (χ4n) is 16.8. The fourth-order valence-corrected chi connectivity index (χ4v) is 16.8. The van der Waals surface area contributed by atoms with Crippen molar-refractivity contribution in [2.75, 3.05) is 219 Å². The summed E-state index contributed by atoms with van der Waals surface area (Å²) in [5.41, 5.74) is 17.1. The molecule has 0 saturated carbocycles. The third-order valence-corrected chi connectivity index (χ3v) is 23.2. The summed E-state index contributed by atoms with van der Waals surface area (Å²) in [6.45, 7) is 4.08. The van der Waals surface area contributed by atoms with Crippen LogP contribution in [0, 0.1) is 0 Å². The second kappa shape index (κ2) is 46.1. The molecule has 0 saturated heterocycles. The van der Waals surface area contributed by atoms with Crippen molar-refractivity contribution < 1.29 is 123 Å². The molecule has 10 aromatic rings. The van der Waals surface area contributed by atoms with E-state index in [2.05, 4.69) is 0 Å². The Morgan fingerprint density at radius 3 is 0.320 bits per heavy atom. The van der Waals surface area contributed by atoms with Gasteiger partial charge in [-0.3, -0.25) is 0 Å². The van der Waals surface area contributed by atoms with Crippen molar-refractivity contribution in [3.8, 4) is 115 Å². The first-order chi connectivity index (χ1) is 62.6. The molecule has 22 aliphatic rings. The zero-order valence-electron chi connectivity index (χ0n) is 76.5. The highest BCUT2D eigenvalue weighted by Gasteiger charge is 2.29. The summed E-state index contributed by atoms with van der Waals surface area (Å²) >= 11 is 0. The highest BCUT2D eigenvalue weighted by Crippen LogP contribution is 2.47. The van der Waals surface area contributed by atoms with Crippen LogP contribution in [0.5, 0.6) is 115 Å². The topological polar surface area (TPSA) is 240 Å². The summed E-state index contributed by atoms with van der Waals surface area (Å²) in [6.07, 6.45) is 3.94. The van der Waals surface area contributed by atoms with Gasteiger partial charge in [0.25, 0.3) is 0 Å². The SMILES string of the molecule is COc1cc2c(OC)cc1Cc1cc(OC)c(cc1OC)Cc1cc(OC)c(cc1OC)Cc1cc3c(cc1OCCOCCOCCOCCOc1cc4c(cc1Cc1cc(OC)c(cc1OC)Cc1cc(OC)c(cc1OC)Cc1cc(OC)c(cc1OC)Cc1cc(OC)c(cc1OC)C4)OCCOCCOCCOCCO3)Cc1cc(OC)c(cc1OC)C2. The summed E-state index contributed by atoms with van der Waals surface area (Å²) in [4.78, 5) is 0. The van der Waals surface area contributed by atoms with E-state index in [1.165, 1.54) is 0 Å². The number of ether oxygens (including phenoxy) is 26. The Bertz CT molecular complexity index is 4750. The molecule has 128 heavy (non-hydrogen) atoms. The van der Waals surface area contributed by atoms with Crippen molar-refractivity contribution >= 4 is 0 Å². The quantitative estimate of drug-likeness (QED) is 0.0817. The maximum atomic E-state index is 6.86. The van der Waals surface area contributed by atoms with Crippen molar-refractivity contribution in [3.05, 3.63) is 233 Å². The number of hydrogen-bond donors (Lipinski definition) is 0. The molecule has 0 spiro atoms. The molecule has 0 radical (unpaired) electrons. The molecule has 0 N–H and O–H groups in total. The van der Waals surface area contributed by atoms with Crippen LogP contribution in [0.15, 0.2) is 121 Å². The average molecular weight is 1760 g/mol. The van der Waals surface area contributed by atoms with Crippen LogP contribution in [-0.2, 0) is 92.6 Å². The van der Waals surface area contributed by atoms with Crippen LogP contribution in [0.2, 0.25) is 0 Å². The summed E-state index contributed by atoms with van der Waals surface area (Å²) < 4.78 is 164. The van der Waals surface area contributed by atoms with E-state index in [0.717, 1.165) is 111 Å². The van der Waals surface area contributed by atoms with Crippen LogP contribution in [0.1, 0.15) is 111 Å². The Balaban J connectivity index is 0.784. The predicted molar refractivity (Wildman–Crippen MR) is 484 cm³/mol. The van der Waals surface area contributed by atoms with Gasteiger partial charge in [-0.2, -0.15) is 0 Å². The summed E-state index contributed by atoms with van der Waals surface area (Å²) in [6, 6.07) is 40.4. The molecule has 0 unspecified atom stereocenters. The second-order valence-corrected chi connectivity index (χ2v) is 30.8. The van der Waals surface area contributed by atoms with Gasteiger partial charge >= 0.3 is 0 Å². The van der Waals surface area contributed by atoms with E-state index < -0.39 is 0 Å². The zero-order chi connectivity index (χ0) is 90.0. The van der Waals surface area contributed by atoms with E-state index in [9.17, 15) is 0 Å². The van der Waals surface area contributed by atoms with Crippen LogP contribution in [-0.4, -0.2) is 219 Å². The molecule has 0 aromatic heterocycles. The molecule has 0 atom stereocenters. The Labute approximate surface area is 750 Å². The molecule has 24 bridgehead atoms. The largest absolute Gasteiger partial charge is 0.496 e. The van der Waals surface area contributed by atoms with Crippen LogP contribution in [0.4, 0.5) is 0 Å². The predicted octanol–water partition coefficient (Wildman–Crippen LogP) is 15.7. The summed E-state index contributed by atoms with van der Waals surface area (Å²) in [7, 11) is 26.7. The van der Waals surface area contributed by atoms with E-state index in [1.807, 2.05) is 121 Å². The number of rotatable bonds is 16. The van der Waals surface area contributed by atoms with Crippen LogP contribution < -0.4 is 94.7 Å². The minimum Gasteiger partial charge on any atom is -0.496 e. The lowest BCUT2D eigenvalue weighted by Gasteiger charge is -2.21. The van der Waals surface area contributed by atoms with Crippen LogP contribution in [0.3, 0.4) is 0 Å². The van der Waals surface area contributed by atoms with E-state index in [4.69, 9.17) is 123 Å². The summed E-state index contributed by atoms with van der Waals surface area (Å²) in [5.74, 6) is 12.9. The maximum Gasteiger partial charge on any atom is 0.123 e. The van der Waals surface area contributed by atoms with E-state index in [1.54, 1.807) is 114 Å². The minimum absolute atomic E-state index is 0.190. The van der Waals surface area contributed by atoms with E-state index in [-0.39, 0.29) is 79.3 Å². The molecule has 10 aromatic carbocycles. The molecule has 2 aliphatic heterocycles. The van der Waals surface area contributed by atoms with Crippen molar-refractivity contribution in [1.82, 2.24) is 0 Å². The number of benzene rings is 10. The highest BCUT2D eigenvalue weighted by molar-refractivity contribution is 5.64. The molecule has 0 fully saturated rings. The maximum absolute atomic E-state index is 6.86. The monoisotopic (exact) mass is 1760 g/mol. The van der Waals surface area contributed by atoms with Crippen molar-refractivity contribution in [2.45, 2.75) is 64.2 Å². The fraction of sp³-hybridized carbons (Fsp3) is 0.412. The molecule has 26 heteroatoms. The van der Waals surface area contributed by atoms with Gasteiger partial charge in [0.1, 0.15) is 141 Å². The van der Waals surface area contributed by atoms with Gasteiger partial charge in [-0.15, -0.1) is 0 Å². The van der Waals surface area contributed by atoms with Gasteiger partial charge in [0.05, 0.1) is 193 Å². The Kier molecular flexibility index (Phi) is 33.7. The molecule has 2 heterocycles. The number of hydrogen-bond acceptors (Lipinski definition) is 26. The molecule has 32 rings (SSSR count). The Morgan fingerprint density at radius 2 is 0.219 bits per heavy atom. The van der Waals surface area contributed by atoms with Gasteiger partial charge in [-0.05, 0) is 121 Å². The molecular formula is C102H120O26. The van der Waals surface area contributed by atoms with Crippen LogP contribution >= 0.6 is 0 Å². The van der Waals surface area contributed by atoms with E-state index in [0.29, 0.717) is 206 Å². The molecule has 0 amide bonds. The second-order valence-electron chi connectivity index (χ2n) is 30.8. The lowest BCUT2D eigenvalue weighted by atomic mass is 9.94. The van der Waals surface area contributed by atoms with Gasteiger partial charge in [0.15, 0.2) is 0 Å². The Morgan fingerprint density at radius 1 is 0.125 bits per heavy atom. The third-order valence-electron chi connectivity index (χ3n) is 23.2. The summed E-state index contributed by atoms with van der Waals surface area (Å²) in [5, 5.41) is 0. The third kappa shape index (κ3) is 22.9. The molecule has 20 aliphatic carbocycles. The standard InChI is InChI=1S/C102H120O26/c1-103-83-47-67-35-71-51-95(115-13)75(55-91(71)111-9)39-79-59-100-80(40-76-56-92(112-10)72(52-96(76)116-14)36-68-48-84(104-2)64(44-88(68)108-6)33-63(83)43-87(67)107-5)60-99(79)125-29-25-121-21-17-119-19-23-123-27-31-127-101-61-82-42-78-58-94(114-12)74(54-98(78)118-16)38-70-50-86(106-4)66(46-90(70)110-8)34-65-45-89(109-7)69(49-85(65)105-3)37-73-53-97(117-15)77(57-93(73)113-11)41-81(101)62-102(82)128-32-28-124-24-20-120-18-22-122-26-30-126-100/h43-62H,17-42H2,1-16H3. The Hall–Kier alpha value is -12.0. The number of fused-ring (bicyclic) bond motifs is 24. The van der Waals surface area contributed by atoms with Gasteiger partial charge in [0.2, 0.25) is 0 Å². The van der Waals surface area contributed by atoms with Crippen molar-refractivity contribution in [3.63, 3.8) is 0 Å². The molecule has 684 valence electrons. The van der Waals surface area contributed by atoms with Gasteiger partial charge in [-0.25, -0.2) is 0 Å². The lowest BCUT2D eigenvalue weighted by molar-refractivity contribution is 0.00456. The smallest absolute Gasteiger partial charge is 0.123 e. The number of methoxy groups -OCH3 is 16. The minimum atomic E-state index is 0.190. The normalized spacial score (nSPS) is 14.8. The first-order valence-electron chi connectivity index (χ1n) is 42.9. The first-order valence-corrected chi connectivity index (χ1v) is 42.9. The lowest BCUT2D eigenvalue weighted by Crippen LogP contribution is -2.16. The average Bonchev–Trinajstić information content (AvgIpc) is 1.05. The van der Waals surface area contributed by atoms with Gasteiger partial charge < -0.3 is 123 Å². The van der Waals surface area contributed by atoms with Gasteiger partial charge in [-0.1, -0.05) is 0 Å². The molecule has 26 nitrogen and oxygen atoms in total. The first kappa shape index (κ1) is 93.6. The van der Waals surface area contributed by atoms with Crippen LogP contribution in [0.25, 0.3) is 0 Å². The van der Waals surface area contributed by atoms with E-state index >= 15 is 0 Å². The molecular weight excluding hydrogens is 1640 g/mol. The zero-order valence-corrected chi connectivity index (χ0v) is 76.5. The highest BCUT2D eigenvalue weighted by atomic mass is 16.6. The van der Waals surface area contributed by atoms with Gasteiger partial charge in [0, 0.05) is 175 Å². The van der Waals surface area contributed by atoms with Crippen molar-refractivity contribution in [2.24, 2.45) is 0 Å².